The van der Waals surface area contributed by atoms with Crippen molar-refractivity contribution in [1.29, 1.82) is 0 Å². The van der Waals surface area contributed by atoms with Crippen LogP contribution in [0.3, 0.4) is 0 Å². The molecule has 8 aliphatic rings. The Morgan fingerprint density at radius 2 is 1.74 bits per heavy atom. The molecule has 4 fully saturated rings. The zero-order chi connectivity index (χ0) is 31.7. The van der Waals surface area contributed by atoms with Gasteiger partial charge in [-0.15, -0.1) is 6.58 Å². The van der Waals surface area contributed by atoms with Crippen molar-refractivity contribution >= 4 is 11.6 Å². The van der Waals surface area contributed by atoms with Crippen molar-refractivity contribution in [1.82, 2.24) is 9.80 Å². The molecule has 8 atom stereocenters. The van der Waals surface area contributed by atoms with Crippen molar-refractivity contribution in [3.63, 3.8) is 0 Å². The van der Waals surface area contributed by atoms with Gasteiger partial charge in [-0.3, -0.25) is 14.5 Å². The van der Waals surface area contributed by atoms with Gasteiger partial charge in [-0.2, -0.15) is 0 Å². The number of hydrogen-bond acceptors (Lipinski definition) is 9. The zero-order valence-corrected chi connectivity index (χ0v) is 26.6. The Morgan fingerprint density at radius 1 is 0.978 bits per heavy atom. The lowest BCUT2D eigenvalue weighted by Gasteiger charge is -2.62. The molecule has 9 heteroatoms. The second-order valence-corrected chi connectivity index (χ2v) is 14.8. The van der Waals surface area contributed by atoms with E-state index in [4.69, 9.17) is 14.2 Å². The third-order valence-electron chi connectivity index (χ3n) is 13.3. The topological polar surface area (TPSA) is 109 Å². The number of phenolic OH excluding ortho intramolecular Hbond substituents is 1. The standard InChI is InChI=1S/C19H21NO4.C18H21NO3/c1-2-8-20-9-7-18-15-11-3-4-12(21)16(15)24-17(18)13(22)5-6-19(18,23)14(20)10-11;1-19-8-7-18-11-4-5-13(20)17(18)22-16-14(21-2)6-3-10(15(16)18)9-12(11)19/h2-4,14,17,21,23H,1,5-10H2;3,6,11-12,17H,4-5,7-9H2,1-2H3/t14-,17+,18+,19-;11-,12+,17-,18-/m10/s1. The van der Waals surface area contributed by atoms with Crippen LogP contribution >= 0.6 is 0 Å². The number of benzene rings is 2. The first-order valence-corrected chi connectivity index (χ1v) is 16.9. The van der Waals surface area contributed by atoms with E-state index in [1.54, 1.807) is 13.2 Å². The van der Waals surface area contributed by atoms with Gasteiger partial charge in [-0.05, 0) is 81.3 Å². The highest BCUT2D eigenvalue weighted by molar-refractivity contribution is 5.90. The van der Waals surface area contributed by atoms with Crippen LogP contribution in [-0.2, 0) is 33.3 Å². The van der Waals surface area contributed by atoms with Gasteiger partial charge in [-0.25, -0.2) is 0 Å². The van der Waals surface area contributed by atoms with Crippen LogP contribution in [0.15, 0.2) is 36.9 Å². The summed E-state index contributed by atoms with van der Waals surface area (Å²) in [4.78, 5) is 30.0. The summed E-state index contributed by atoms with van der Waals surface area (Å²) >= 11 is 0. The van der Waals surface area contributed by atoms with Gasteiger partial charge in [-0.1, -0.05) is 18.2 Å². The second kappa shape index (κ2) is 9.58. The summed E-state index contributed by atoms with van der Waals surface area (Å²) in [5.41, 5.74) is 2.83. The quantitative estimate of drug-likeness (QED) is 0.497. The number of phenols is 1. The molecule has 2 aromatic rings. The lowest BCUT2D eigenvalue weighted by molar-refractivity contribution is -0.187. The molecule has 46 heavy (non-hydrogen) atoms. The molecule has 2 N–H and O–H groups in total. The van der Waals surface area contributed by atoms with Gasteiger partial charge in [0.1, 0.15) is 0 Å². The molecule has 9 nitrogen and oxygen atoms in total. The number of ether oxygens (including phenoxy) is 3. The van der Waals surface area contributed by atoms with Crippen molar-refractivity contribution in [2.75, 3.05) is 33.8 Å². The van der Waals surface area contributed by atoms with Crippen LogP contribution in [0.5, 0.6) is 23.0 Å². The first kappa shape index (κ1) is 28.8. The molecule has 2 saturated carbocycles. The SMILES string of the molecule is C=CCN1CC[C@]23c4c5ccc(O)c4O[C@H]2C(=O)CC[C@@]3(O)[C@H]1C5.COc1ccc2c3c1O[C@H]1C(=O)CC[C@H]4[C@@H](C2)N(C)CC[C@]314. The summed E-state index contributed by atoms with van der Waals surface area (Å²) in [7, 11) is 3.91. The first-order chi connectivity index (χ1) is 22.2. The Hall–Kier alpha value is -3.40. The lowest BCUT2D eigenvalue weighted by atomic mass is 9.49. The van der Waals surface area contributed by atoms with Crippen molar-refractivity contribution in [2.24, 2.45) is 5.92 Å². The number of piperidine rings is 2. The maximum absolute atomic E-state index is 12.6. The summed E-state index contributed by atoms with van der Waals surface area (Å²) in [6.07, 6.45) is 6.82. The second-order valence-electron chi connectivity index (χ2n) is 14.8. The highest BCUT2D eigenvalue weighted by Crippen LogP contribution is 2.65. The molecular weight excluding hydrogens is 584 g/mol. The maximum Gasteiger partial charge on any atom is 0.174 e. The van der Waals surface area contributed by atoms with Crippen LogP contribution in [0.4, 0.5) is 0 Å². The molecule has 0 radical (unpaired) electrons. The number of carbonyl (C=O) groups is 2. The molecule has 0 amide bonds. The summed E-state index contributed by atoms with van der Waals surface area (Å²) in [5.74, 6) is 2.99. The van der Waals surface area contributed by atoms with Gasteiger partial charge in [0.2, 0.25) is 0 Å². The number of aromatic hydroxyl groups is 1. The maximum atomic E-state index is 12.6. The van der Waals surface area contributed by atoms with E-state index in [0.29, 0.717) is 49.8 Å². The molecule has 2 spiro atoms. The van der Waals surface area contributed by atoms with Crippen LogP contribution < -0.4 is 14.2 Å². The van der Waals surface area contributed by atoms with Gasteiger partial charge >= 0.3 is 0 Å². The molecule has 2 aromatic carbocycles. The number of hydrogen-bond donors (Lipinski definition) is 2. The average molecular weight is 627 g/mol. The van der Waals surface area contributed by atoms with E-state index in [1.165, 1.54) is 11.1 Å². The minimum atomic E-state index is -1.00. The number of methoxy groups -OCH3 is 1. The van der Waals surface area contributed by atoms with Crippen molar-refractivity contribution in [3.8, 4) is 23.0 Å². The summed E-state index contributed by atoms with van der Waals surface area (Å²) in [6, 6.07) is 8.25. The Labute approximate surface area is 269 Å². The number of likely N-dealkylation sites (N-methyl/N-ethyl adjacent to an activating group) is 1. The average Bonchev–Trinajstić information content (AvgIpc) is 3.59. The number of ketones is 2. The fraction of sp³-hybridized carbons (Fsp3) is 0.568. The minimum Gasteiger partial charge on any atom is -0.504 e. The van der Waals surface area contributed by atoms with E-state index in [9.17, 15) is 19.8 Å². The summed E-state index contributed by atoms with van der Waals surface area (Å²) < 4.78 is 17.8. The molecule has 2 saturated heterocycles. The van der Waals surface area contributed by atoms with Gasteiger partial charge in [0, 0.05) is 54.6 Å². The van der Waals surface area contributed by atoms with Crippen LogP contribution in [0.2, 0.25) is 0 Å². The third kappa shape index (κ3) is 3.27. The van der Waals surface area contributed by atoms with Crippen LogP contribution in [0, 0.1) is 5.92 Å². The van der Waals surface area contributed by atoms with E-state index in [1.807, 2.05) is 18.2 Å². The first-order valence-electron chi connectivity index (χ1n) is 16.9. The van der Waals surface area contributed by atoms with Gasteiger partial charge in [0.15, 0.2) is 46.8 Å². The van der Waals surface area contributed by atoms with Crippen LogP contribution in [0.25, 0.3) is 0 Å². The summed E-state index contributed by atoms with van der Waals surface area (Å²) in [5, 5.41) is 22.1. The largest absolute Gasteiger partial charge is 0.504 e. The minimum absolute atomic E-state index is 0.0408. The molecule has 4 aliphatic heterocycles. The van der Waals surface area contributed by atoms with Gasteiger partial charge in [0.05, 0.1) is 18.1 Å². The molecule has 10 rings (SSSR count). The smallest absolute Gasteiger partial charge is 0.174 e. The Balaban J connectivity index is 0.000000127. The fourth-order valence-corrected chi connectivity index (χ4v) is 11.5. The lowest BCUT2D eigenvalue weighted by Crippen LogP contribution is -2.76. The highest BCUT2D eigenvalue weighted by Gasteiger charge is 2.73. The number of Topliss-reactive ketones (excluding diaryl/α,β-unsaturated/α-hetero) is 2. The van der Waals surface area contributed by atoms with Gasteiger partial charge in [0.25, 0.3) is 0 Å². The number of likely N-dealkylation sites (tertiary alicyclic amines) is 2. The van der Waals surface area contributed by atoms with E-state index >= 15 is 0 Å². The van der Waals surface area contributed by atoms with Gasteiger partial charge < -0.3 is 29.3 Å². The van der Waals surface area contributed by atoms with E-state index < -0.39 is 17.1 Å². The van der Waals surface area contributed by atoms with Crippen LogP contribution in [0.1, 0.15) is 60.8 Å². The Bertz CT molecular complexity index is 1710. The predicted molar refractivity (Wildman–Crippen MR) is 169 cm³/mol. The molecule has 0 unspecified atom stereocenters. The summed E-state index contributed by atoms with van der Waals surface area (Å²) in [6.45, 7) is 6.41. The fourth-order valence-electron chi connectivity index (χ4n) is 11.5. The zero-order valence-electron chi connectivity index (χ0n) is 26.6. The monoisotopic (exact) mass is 626 g/mol. The Morgan fingerprint density at radius 3 is 2.54 bits per heavy atom. The molecule has 0 aromatic heterocycles. The molecule has 4 aliphatic carbocycles. The van der Waals surface area contributed by atoms with E-state index in [-0.39, 0.29) is 34.9 Å². The number of aliphatic hydroxyl groups is 1. The highest BCUT2D eigenvalue weighted by atomic mass is 16.5. The van der Waals surface area contributed by atoms with Crippen molar-refractivity contribution < 1.29 is 34.0 Å². The van der Waals surface area contributed by atoms with Crippen molar-refractivity contribution in [3.05, 3.63) is 59.2 Å². The molecule has 4 heterocycles. The van der Waals surface area contributed by atoms with E-state index in [0.717, 1.165) is 61.5 Å². The number of rotatable bonds is 3. The Kier molecular flexibility index (Phi) is 6.00. The normalized spacial score (nSPS) is 38.9. The number of nitrogens with zero attached hydrogens (tertiary/aromatic N) is 2. The number of carbonyl (C=O) groups excluding carboxylic acids is 2. The predicted octanol–water partition coefficient (Wildman–Crippen LogP) is 3.23. The third-order valence-corrected chi connectivity index (χ3v) is 13.3. The van der Waals surface area contributed by atoms with Crippen molar-refractivity contribution in [2.45, 2.75) is 92.1 Å². The molecule has 242 valence electrons. The molecular formula is C37H42N2O7. The van der Waals surface area contributed by atoms with Crippen LogP contribution in [-0.4, -0.2) is 95.3 Å². The van der Waals surface area contributed by atoms with E-state index in [2.05, 4.69) is 29.5 Å². The molecule has 4 bridgehead atoms.